The average molecular weight is 354 g/mol. The number of halogens is 3. The second-order valence-corrected chi connectivity index (χ2v) is 6.49. The molecule has 2 unspecified atom stereocenters. The van der Waals surface area contributed by atoms with Crippen LogP contribution in [0.2, 0.25) is 10.0 Å². The van der Waals surface area contributed by atoms with Crippen molar-refractivity contribution in [2.24, 2.45) is 0 Å². The van der Waals surface area contributed by atoms with Crippen molar-refractivity contribution in [2.75, 3.05) is 6.54 Å². The summed E-state index contributed by atoms with van der Waals surface area (Å²) in [5, 5.41) is 22.0. The molecule has 0 aliphatic rings. The molecule has 0 aliphatic carbocycles. The quantitative estimate of drug-likeness (QED) is 0.777. The van der Waals surface area contributed by atoms with Gasteiger partial charge in [0.05, 0.1) is 10.0 Å². The van der Waals surface area contributed by atoms with Gasteiger partial charge in [-0.25, -0.2) is 9.18 Å². The minimum atomic E-state index is -1.49. The molecule has 0 spiro atoms. The lowest BCUT2D eigenvalue weighted by molar-refractivity contribution is 0.0130. The van der Waals surface area contributed by atoms with Gasteiger partial charge in [-0.1, -0.05) is 23.2 Å². The first-order valence-electron chi connectivity index (χ1n) is 6.48. The van der Waals surface area contributed by atoms with Crippen LogP contribution in [0.4, 0.5) is 9.18 Å². The summed E-state index contributed by atoms with van der Waals surface area (Å²) in [6, 6.07) is 1.94. The third-order valence-corrected chi connectivity index (χ3v) is 3.18. The van der Waals surface area contributed by atoms with Gasteiger partial charge in [-0.15, -0.1) is 0 Å². The van der Waals surface area contributed by atoms with Gasteiger partial charge in [0, 0.05) is 12.1 Å². The molecule has 8 heteroatoms. The second kappa shape index (κ2) is 7.46. The molecule has 0 radical (unpaired) electrons. The van der Waals surface area contributed by atoms with Gasteiger partial charge in [0.2, 0.25) is 0 Å². The van der Waals surface area contributed by atoms with Gasteiger partial charge in [-0.3, -0.25) is 0 Å². The molecular formula is C14H18Cl2FNO4. The Morgan fingerprint density at radius 1 is 1.32 bits per heavy atom. The maximum absolute atomic E-state index is 13.1. The van der Waals surface area contributed by atoms with E-state index in [0.29, 0.717) is 0 Å². The number of carbonyl (C=O) groups is 1. The molecule has 1 amide bonds. The first-order valence-corrected chi connectivity index (χ1v) is 7.24. The average Bonchev–Trinajstić information content (AvgIpc) is 2.32. The SMILES string of the molecule is CC(C)(C)OC(=O)NCC(O)C(O)c1c(Cl)cc(F)cc1Cl. The Morgan fingerprint density at radius 2 is 1.82 bits per heavy atom. The number of carbonyl (C=O) groups excluding carboxylic acids is 1. The highest BCUT2D eigenvalue weighted by Gasteiger charge is 2.25. The highest BCUT2D eigenvalue weighted by Crippen LogP contribution is 2.33. The predicted octanol–water partition coefficient (Wildman–Crippen LogP) is 3.05. The molecule has 0 fully saturated rings. The summed E-state index contributed by atoms with van der Waals surface area (Å²) >= 11 is 11.6. The number of aliphatic hydroxyl groups excluding tert-OH is 2. The molecule has 1 aromatic rings. The van der Waals surface area contributed by atoms with E-state index >= 15 is 0 Å². The molecular weight excluding hydrogens is 336 g/mol. The maximum atomic E-state index is 13.1. The summed E-state index contributed by atoms with van der Waals surface area (Å²) in [5.74, 6) is -0.660. The van der Waals surface area contributed by atoms with Crippen molar-refractivity contribution in [1.82, 2.24) is 5.32 Å². The van der Waals surface area contributed by atoms with Gasteiger partial charge >= 0.3 is 6.09 Å². The van der Waals surface area contributed by atoms with E-state index in [0.717, 1.165) is 12.1 Å². The van der Waals surface area contributed by atoms with Crippen LogP contribution in [0.15, 0.2) is 12.1 Å². The fourth-order valence-corrected chi connectivity index (χ4v) is 2.33. The highest BCUT2D eigenvalue weighted by molar-refractivity contribution is 6.36. The molecule has 3 N–H and O–H groups in total. The minimum Gasteiger partial charge on any atom is -0.444 e. The Kier molecular flexibility index (Phi) is 6.43. The number of nitrogens with one attached hydrogen (secondary N) is 1. The number of alkyl carbamates (subject to hydrolysis) is 1. The van der Waals surface area contributed by atoms with Crippen LogP contribution >= 0.6 is 23.2 Å². The first kappa shape index (κ1) is 19.0. The van der Waals surface area contributed by atoms with Gasteiger partial charge in [0.15, 0.2) is 0 Å². The lowest BCUT2D eigenvalue weighted by atomic mass is 10.0. The van der Waals surface area contributed by atoms with Crippen molar-refractivity contribution in [3.05, 3.63) is 33.6 Å². The van der Waals surface area contributed by atoms with Gasteiger partial charge in [-0.2, -0.15) is 0 Å². The summed E-state index contributed by atoms with van der Waals surface area (Å²) in [6.07, 6.45) is -3.63. The smallest absolute Gasteiger partial charge is 0.407 e. The second-order valence-electron chi connectivity index (χ2n) is 5.68. The molecule has 1 rings (SSSR count). The highest BCUT2D eigenvalue weighted by atomic mass is 35.5. The molecule has 1 aromatic carbocycles. The molecule has 0 saturated heterocycles. The van der Waals surface area contributed by atoms with E-state index in [9.17, 15) is 19.4 Å². The van der Waals surface area contributed by atoms with Crippen LogP contribution in [0.1, 0.15) is 32.4 Å². The van der Waals surface area contributed by atoms with Crippen molar-refractivity contribution in [2.45, 2.75) is 38.6 Å². The fourth-order valence-electron chi connectivity index (χ4n) is 1.64. The maximum Gasteiger partial charge on any atom is 0.407 e. The van der Waals surface area contributed by atoms with Crippen LogP contribution in [0.25, 0.3) is 0 Å². The predicted molar refractivity (Wildman–Crippen MR) is 81.6 cm³/mol. The zero-order valence-corrected chi connectivity index (χ0v) is 13.9. The summed E-state index contributed by atoms with van der Waals surface area (Å²) in [5.41, 5.74) is -0.694. The number of aliphatic hydroxyl groups is 2. The first-order chi connectivity index (χ1) is 10.0. The van der Waals surface area contributed by atoms with Crippen LogP contribution < -0.4 is 5.32 Å². The third-order valence-electron chi connectivity index (χ3n) is 2.56. The Labute approximate surface area is 138 Å². The van der Waals surface area contributed by atoms with E-state index < -0.39 is 29.7 Å². The van der Waals surface area contributed by atoms with Crippen molar-refractivity contribution in [3.8, 4) is 0 Å². The summed E-state index contributed by atoms with van der Waals surface area (Å²) in [4.78, 5) is 11.5. The molecule has 2 atom stereocenters. The minimum absolute atomic E-state index is 0.0109. The summed E-state index contributed by atoms with van der Waals surface area (Å²) in [7, 11) is 0. The molecule has 22 heavy (non-hydrogen) atoms. The number of hydrogen-bond acceptors (Lipinski definition) is 4. The van der Waals surface area contributed by atoms with Crippen molar-refractivity contribution >= 4 is 29.3 Å². The van der Waals surface area contributed by atoms with Gasteiger partial charge in [0.25, 0.3) is 0 Å². The van der Waals surface area contributed by atoms with Crippen LogP contribution in [0.3, 0.4) is 0 Å². The summed E-state index contributed by atoms with van der Waals surface area (Å²) < 4.78 is 18.1. The molecule has 0 heterocycles. The Bertz CT molecular complexity index is 525. The largest absolute Gasteiger partial charge is 0.444 e. The van der Waals surface area contributed by atoms with Crippen LogP contribution in [0, 0.1) is 5.82 Å². The Morgan fingerprint density at radius 3 is 2.27 bits per heavy atom. The number of amides is 1. The molecule has 124 valence electrons. The van der Waals surface area contributed by atoms with E-state index in [1.165, 1.54) is 0 Å². The van der Waals surface area contributed by atoms with E-state index in [4.69, 9.17) is 27.9 Å². The van der Waals surface area contributed by atoms with Crippen molar-refractivity contribution in [3.63, 3.8) is 0 Å². The zero-order chi connectivity index (χ0) is 17.1. The Balaban J connectivity index is 2.70. The standard InChI is InChI=1S/C14H18Cl2FNO4/c1-14(2,3)22-13(21)18-6-10(19)12(20)11-8(15)4-7(17)5-9(11)16/h4-5,10,12,19-20H,6H2,1-3H3,(H,18,21). The molecule has 0 saturated carbocycles. The fraction of sp³-hybridized carbons (Fsp3) is 0.500. The van der Waals surface area contributed by atoms with Crippen molar-refractivity contribution < 1.29 is 24.1 Å². The number of rotatable bonds is 4. The normalized spacial score (nSPS) is 14.4. The third kappa shape index (κ3) is 5.61. The molecule has 5 nitrogen and oxygen atoms in total. The van der Waals surface area contributed by atoms with Crippen molar-refractivity contribution in [1.29, 1.82) is 0 Å². The molecule has 0 bridgehead atoms. The van der Waals surface area contributed by atoms with Crippen LogP contribution in [0.5, 0.6) is 0 Å². The monoisotopic (exact) mass is 353 g/mol. The van der Waals surface area contributed by atoms with E-state index in [1.54, 1.807) is 20.8 Å². The van der Waals surface area contributed by atoms with E-state index in [2.05, 4.69) is 5.32 Å². The zero-order valence-electron chi connectivity index (χ0n) is 12.4. The lowest BCUT2D eigenvalue weighted by Gasteiger charge is -2.23. The van der Waals surface area contributed by atoms with Crippen LogP contribution in [-0.2, 0) is 4.74 Å². The molecule has 0 aromatic heterocycles. The van der Waals surface area contributed by atoms with E-state index in [-0.39, 0.29) is 22.2 Å². The number of ether oxygens (including phenoxy) is 1. The Hall–Kier alpha value is -1.08. The van der Waals surface area contributed by atoms with Gasteiger partial charge in [0.1, 0.15) is 23.6 Å². The topological polar surface area (TPSA) is 78.8 Å². The summed E-state index contributed by atoms with van der Waals surface area (Å²) in [6.45, 7) is 4.78. The van der Waals surface area contributed by atoms with Crippen LogP contribution in [-0.4, -0.2) is 34.6 Å². The molecule has 0 aliphatic heterocycles. The van der Waals surface area contributed by atoms with Gasteiger partial charge in [-0.05, 0) is 32.9 Å². The van der Waals surface area contributed by atoms with E-state index in [1.807, 2.05) is 0 Å². The van der Waals surface area contributed by atoms with Gasteiger partial charge < -0.3 is 20.3 Å². The number of hydrogen-bond donors (Lipinski definition) is 3. The lowest BCUT2D eigenvalue weighted by Crippen LogP contribution is -2.39. The number of benzene rings is 1.